The molecule has 6 nitrogen and oxygen atoms in total. The Kier molecular flexibility index (Phi) is 6.50. The second kappa shape index (κ2) is 9.26. The standard InChI is InChI=1S/C21H25ClN4O2S/c1-25-9-11-26(12-10-25)14-17(15-5-3-2-4-6-15)23-21(27)18-13-16(24-28-18)19-7-8-20(22)29-19/h2-8,17-18H,9-14H2,1H3,(H,23,27). The molecule has 2 atom stereocenters. The topological polar surface area (TPSA) is 57.2 Å². The summed E-state index contributed by atoms with van der Waals surface area (Å²) in [6, 6.07) is 13.8. The molecule has 0 radical (unpaired) electrons. The van der Waals surface area contributed by atoms with E-state index in [1.54, 1.807) is 0 Å². The number of hydrogen-bond acceptors (Lipinski definition) is 6. The predicted octanol–water partition coefficient (Wildman–Crippen LogP) is 3.00. The molecule has 0 aliphatic carbocycles. The fraction of sp³-hybridized carbons (Fsp3) is 0.429. The zero-order chi connectivity index (χ0) is 20.2. The molecule has 1 saturated heterocycles. The lowest BCUT2D eigenvalue weighted by molar-refractivity contribution is -0.132. The number of carbonyl (C=O) groups is 1. The van der Waals surface area contributed by atoms with Crippen molar-refractivity contribution in [3.05, 3.63) is 57.2 Å². The molecule has 3 heterocycles. The highest BCUT2D eigenvalue weighted by Gasteiger charge is 2.31. The predicted molar refractivity (Wildman–Crippen MR) is 117 cm³/mol. The molecule has 29 heavy (non-hydrogen) atoms. The van der Waals surface area contributed by atoms with Crippen LogP contribution >= 0.6 is 22.9 Å². The molecule has 2 aromatic rings. The van der Waals surface area contributed by atoms with E-state index in [4.69, 9.17) is 16.4 Å². The van der Waals surface area contributed by atoms with Crippen LogP contribution in [0.3, 0.4) is 0 Å². The molecule has 1 amide bonds. The van der Waals surface area contributed by atoms with Gasteiger partial charge in [0.2, 0.25) is 6.10 Å². The highest BCUT2D eigenvalue weighted by atomic mass is 35.5. The van der Waals surface area contributed by atoms with Gasteiger partial charge in [0.1, 0.15) is 5.71 Å². The smallest absolute Gasteiger partial charge is 0.264 e. The fourth-order valence-corrected chi connectivity index (χ4v) is 4.64. The molecular formula is C21H25ClN4O2S. The largest absolute Gasteiger partial charge is 0.382 e. The van der Waals surface area contributed by atoms with Gasteiger partial charge in [-0.3, -0.25) is 9.69 Å². The molecule has 154 valence electrons. The van der Waals surface area contributed by atoms with E-state index in [0.29, 0.717) is 10.8 Å². The van der Waals surface area contributed by atoms with Crippen molar-refractivity contribution in [1.29, 1.82) is 0 Å². The summed E-state index contributed by atoms with van der Waals surface area (Å²) in [6.45, 7) is 4.87. The van der Waals surface area contributed by atoms with Crippen molar-refractivity contribution in [3.63, 3.8) is 0 Å². The Morgan fingerprint density at radius 2 is 2.00 bits per heavy atom. The molecule has 0 spiro atoms. The first-order valence-corrected chi connectivity index (χ1v) is 11.0. The van der Waals surface area contributed by atoms with Gasteiger partial charge in [-0.2, -0.15) is 0 Å². The number of carbonyl (C=O) groups excluding carboxylic acids is 1. The van der Waals surface area contributed by atoms with E-state index >= 15 is 0 Å². The first-order valence-electron chi connectivity index (χ1n) is 9.83. The number of benzene rings is 1. The van der Waals surface area contributed by atoms with Crippen LogP contribution in [-0.2, 0) is 9.63 Å². The molecule has 4 rings (SSSR count). The van der Waals surface area contributed by atoms with Crippen molar-refractivity contribution in [2.75, 3.05) is 39.8 Å². The lowest BCUT2D eigenvalue weighted by Gasteiger charge is -2.35. The summed E-state index contributed by atoms with van der Waals surface area (Å²) < 4.78 is 0.701. The lowest BCUT2D eigenvalue weighted by Crippen LogP contribution is -2.48. The van der Waals surface area contributed by atoms with E-state index in [9.17, 15) is 4.79 Å². The van der Waals surface area contributed by atoms with Gasteiger partial charge >= 0.3 is 0 Å². The second-order valence-electron chi connectivity index (χ2n) is 7.52. The Hall–Kier alpha value is -1.93. The second-order valence-corrected chi connectivity index (χ2v) is 9.23. The van der Waals surface area contributed by atoms with Gasteiger partial charge in [-0.15, -0.1) is 11.3 Å². The highest BCUT2D eigenvalue weighted by molar-refractivity contribution is 7.18. The molecule has 0 saturated carbocycles. The van der Waals surface area contributed by atoms with Crippen LogP contribution in [0, 0.1) is 0 Å². The molecule has 1 N–H and O–H groups in total. The van der Waals surface area contributed by atoms with Gasteiger partial charge in [-0.25, -0.2) is 0 Å². The van der Waals surface area contributed by atoms with E-state index < -0.39 is 6.10 Å². The minimum atomic E-state index is -0.607. The lowest BCUT2D eigenvalue weighted by atomic mass is 10.0. The van der Waals surface area contributed by atoms with Crippen LogP contribution in [-0.4, -0.2) is 67.3 Å². The SMILES string of the molecule is CN1CCN(CC(NC(=O)C2CC(c3ccc(Cl)s3)=NO2)c2ccccc2)CC1. The number of piperazine rings is 1. The van der Waals surface area contributed by atoms with Crippen LogP contribution in [0.25, 0.3) is 0 Å². The van der Waals surface area contributed by atoms with E-state index in [1.165, 1.54) is 11.3 Å². The van der Waals surface area contributed by atoms with Crippen molar-refractivity contribution in [1.82, 2.24) is 15.1 Å². The normalized spacial score (nSPS) is 21.4. The number of thiophene rings is 1. The minimum Gasteiger partial charge on any atom is -0.382 e. The number of nitrogens with one attached hydrogen (secondary N) is 1. The molecule has 1 aromatic heterocycles. The molecule has 8 heteroatoms. The third-order valence-corrected chi connectivity index (χ3v) is 6.65. The average Bonchev–Trinajstić information content (AvgIpc) is 3.39. The average molecular weight is 433 g/mol. The van der Waals surface area contributed by atoms with Crippen LogP contribution < -0.4 is 5.32 Å². The van der Waals surface area contributed by atoms with E-state index in [0.717, 1.165) is 48.9 Å². The molecule has 2 aliphatic rings. The Bertz CT molecular complexity index is 865. The third-order valence-electron chi connectivity index (χ3n) is 5.37. The summed E-state index contributed by atoms with van der Waals surface area (Å²) >= 11 is 7.46. The maximum Gasteiger partial charge on any atom is 0.264 e. The maximum absolute atomic E-state index is 12.9. The van der Waals surface area contributed by atoms with Gasteiger partial charge in [0.25, 0.3) is 5.91 Å². The first-order chi connectivity index (χ1) is 14.1. The number of oxime groups is 1. The van der Waals surface area contributed by atoms with Crippen LogP contribution in [0.2, 0.25) is 4.34 Å². The summed E-state index contributed by atoms with van der Waals surface area (Å²) in [6.07, 6.45) is -0.150. The Morgan fingerprint density at radius 1 is 1.24 bits per heavy atom. The zero-order valence-corrected chi connectivity index (χ0v) is 18.0. The van der Waals surface area contributed by atoms with Crippen LogP contribution in [0.1, 0.15) is 22.9 Å². The highest BCUT2D eigenvalue weighted by Crippen LogP contribution is 2.27. The van der Waals surface area contributed by atoms with Crippen LogP contribution in [0.4, 0.5) is 0 Å². The van der Waals surface area contributed by atoms with Crippen molar-refractivity contribution >= 4 is 34.6 Å². The molecule has 2 aliphatic heterocycles. The molecule has 2 unspecified atom stereocenters. The quantitative estimate of drug-likeness (QED) is 0.762. The minimum absolute atomic E-state index is 0.0871. The van der Waals surface area contributed by atoms with E-state index in [1.807, 2.05) is 30.3 Å². The van der Waals surface area contributed by atoms with E-state index in [2.05, 4.69) is 39.5 Å². The van der Waals surface area contributed by atoms with Gasteiger partial charge < -0.3 is 15.1 Å². The van der Waals surface area contributed by atoms with Gasteiger partial charge in [-0.05, 0) is 24.7 Å². The van der Waals surface area contributed by atoms with Crippen molar-refractivity contribution in [2.45, 2.75) is 18.6 Å². The summed E-state index contributed by atoms with van der Waals surface area (Å²) in [7, 11) is 2.14. The Balaban J connectivity index is 1.40. The van der Waals surface area contributed by atoms with Crippen molar-refractivity contribution in [2.24, 2.45) is 5.16 Å². The molecule has 0 bridgehead atoms. The Labute approximate surface area is 180 Å². The third kappa shape index (κ3) is 5.17. The monoisotopic (exact) mass is 432 g/mol. The summed E-state index contributed by atoms with van der Waals surface area (Å²) in [5, 5.41) is 7.31. The van der Waals surface area contributed by atoms with Crippen LogP contribution in [0.15, 0.2) is 47.6 Å². The fourth-order valence-electron chi connectivity index (χ4n) is 3.61. The van der Waals surface area contributed by atoms with Crippen molar-refractivity contribution in [3.8, 4) is 0 Å². The van der Waals surface area contributed by atoms with Crippen LogP contribution in [0.5, 0.6) is 0 Å². The van der Waals surface area contributed by atoms with E-state index in [-0.39, 0.29) is 11.9 Å². The van der Waals surface area contributed by atoms with Gasteiger partial charge in [0.15, 0.2) is 0 Å². The first kappa shape index (κ1) is 20.3. The van der Waals surface area contributed by atoms with Gasteiger partial charge in [-0.1, -0.05) is 47.1 Å². The number of hydrogen-bond donors (Lipinski definition) is 1. The van der Waals surface area contributed by atoms with Crippen molar-refractivity contribution < 1.29 is 9.63 Å². The number of likely N-dealkylation sites (N-methyl/N-ethyl adjacent to an activating group) is 1. The molecule has 1 aromatic carbocycles. The Morgan fingerprint density at radius 3 is 2.69 bits per heavy atom. The molecular weight excluding hydrogens is 408 g/mol. The number of amides is 1. The summed E-state index contributed by atoms with van der Waals surface area (Å²) in [4.78, 5) is 24.1. The maximum atomic E-state index is 12.9. The summed E-state index contributed by atoms with van der Waals surface area (Å²) in [5.41, 5.74) is 1.88. The number of rotatable bonds is 6. The summed E-state index contributed by atoms with van der Waals surface area (Å²) in [5.74, 6) is -0.130. The number of halogens is 1. The van der Waals surface area contributed by atoms with Gasteiger partial charge in [0.05, 0.1) is 15.3 Å². The zero-order valence-electron chi connectivity index (χ0n) is 16.4. The number of nitrogens with zero attached hydrogens (tertiary/aromatic N) is 3. The van der Waals surface area contributed by atoms with Gasteiger partial charge in [0, 0.05) is 39.1 Å². The molecule has 1 fully saturated rings.